The van der Waals surface area contributed by atoms with Gasteiger partial charge in [-0.1, -0.05) is 23.7 Å². The molecule has 7 rings (SSSR count). The summed E-state index contributed by atoms with van der Waals surface area (Å²) < 4.78 is 13.8. The number of anilines is 2. The number of benzene rings is 2. The molecular formula is C28H26BClFN7. The Kier molecular flexibility index (Phi) is 5.30. The molecule has 3 aliphatic carbocycles. The average Bonchev–Trinajstić information content (AvgIpc) is 3.77. The van der Waals surface area contributed by atoms with Crippen molar-refractivity contribution in [3.05, 3.63) is 76.5 Å². The van der Waals surface area contributed by atoms with Crippen molar-refractivity contribution < 1.29 is 4.39 Å². The number of nitriles is 1. The van der Waals surface area contributed by atoms with Crippen LogP contribution in [0.5, 0.6) is 0 Å². The number of hydrogen-bond acceptors (Lipinski definition) is 7. The van der Waals surface area contributed by atoms with Gasteiger partial charge in [-0.25, -0.2) is 4.39 Å². The van der Waals surface area contributed by atoms with Crippen molar-refractivity contribution in [2.75, 3.05) is 10.6 Å². The highest BCUT2D eigenvalue weighted by atomic mass is 35.5. The number of pyridine rings is 1. The Bertz CT molecular complexity index is 1510. The number of aromatic nitrogens is 1. The SMILES string of the molecule is [B]C(Nc1cc(Cl)c2ncc(C#N)c(NC3(C4CC4)CC3)c2c1)(C1=CN(C2CC2)NN1)c1ccc(F)cc1. The molecule has 2 aromatic carbocycles. The Hall–Kier alpha value is -3.48. The predicted octanol–water partition coefficient (Wildman–Crippen LogP) is 5.02. The number of fused-ring (bicyclic) bond motifs is 1. The Balaban J connectivity index is 1.32. The molecule has 1 aromatic heterocycles. The third-order valence-corrected chi connectivity index (χ3v) is 8.45. The van der Waals surface area contributed by atoms with E-state index in [-0.39, 0.29) is 11.4 Å². The van der Waals surface area contributed by atoms with Gasteiger partial charge in [-0.3, -0.25) is 9.99 Å². The van der Waals surface area contributed by atoms with Crippen LogP contribution in [0.2, 0.25) is 5.02 Å². The van der Waals surface area contributed by atoms with E-state index in [1.54, 1.807) is 24.4 Å². The molecule has 4 N–H and O–H groups in total. The third kappa shape index (κ3) is 4.03. The number of rotatable bonds is 8. The minimum Gasteiger partial charge on any atom is -0.378 e. The highest BCUT2D eigenvalue weighted by molar-refractivity contribution is 6.36. The molecule has 4 aliphatic rings. The molecule has 1 atom stereocenters. The summed E-state index contributed by atoms with van der Waals surface area (Å²) >= 11 is 6.77. The summed E-state index contributed by atoms with van der Waals surface area (Å²) in [6.45, 7) is 0. The van der Waals surface area contributed by atoms with Crippen molar-refractivity contribution in [2.24, 2.45) is 5.92 Å². The van der Waals surface area contributed by atoms with E-state index in [0.29, 0.717) is 45.0 Å². The van der Waals surface area contributed by atoms with Gasteiger partial charge in [0.15, 0.2) is 0 Å². The Morgan fingerprint density at radius 3 is 2.61 bits per heavy atom. The molecule has 1 unspecified atom stereocenters. The highest BCUT2D eigenvalue weighted by Crippen LogP contribution is 2.56. The van der Waals surface area contributed by atoms with E-state index in [0.717, 1.165) is 36.8 Å². The van der Waals surface area contributed by atoms with Crippen molar-refractivity contribution in [3.8, 4) is 6.07 Å². The van der Waals surface area contributed by atoms with E-state index >= 15 is 0 Å². The monoisotopic (exact) mass is 525 g/mol. The topological polar surface area (TPSA) is 88.0 Å². The lowest BCUT2D eigenvalue weighted by atomic mass is 9.69. The normalized spacial score (nSPS) is 21.3. The molecule has 0 saturated heterocycles. The van der Waals surface area contributed by atoms with Crippen LogP contribution >= 0.6 is 11.6 Å². The fraction of sp³-hybridized carbons (Fsp3) is 0.357. The van der Waals surface area contributed by atoms with E-state index in [9.17, 15) is 9.65 Å². The maximum Gasteiger partial charge on any atom is 0.123 e. The second-order valence-corrected chi connectivity index (χ2v) is 11.3. The van der Waals surface area contributed by atoms with Crippen LogP contribution in [0.3, 0.4) is 0 Å². The average molecular weight is 526 g/mol. The van der Waals surface area contributed by atoms with Crippen LogP contribution in [0.1, 0.15) is 49.7 Å². The molecule has 0 bridgehead atoms. The summed E-state index contributed by atoms with van der Waals surface area (Å²) in [5.74, 6) is 0.304. The van der Waals surface area contributed by atoms with Gasteiger partial charge >= 0.3 is 0 Å². The molecule has 38 heavy (non-hydrogen) atoms. The van der Waals surface area contributed by atoms with Crippen LogP contribution in [0.4, 0.5) is 15.8 Å². The first-order chi connectivity index (χ1) is 18.4. The van der Waals surface area contributed by atoms with Crippen LogP contribution in [-0.2, 0) is 5.44 Å². The van der Waals surface area contributed by atoms with E-state index < -0.39 is 5.44 Å². The zero-order chi connectivity index (χ0) is 26.1. The lowest BCUT2D eigenvalue weighted by molar-refractivity contribution is 0.260. The third-order valence-electron chi connectivity index (χ3n) is 8.16. The molecule has 7 nitrogen and oxygen atoms in total. The van der Waals surface area contributed by atoms with Gasteiger partial charge in [-0.2, -0.15) is 5.26 Å². The van der Waals surface area contributed by atoms with Crippen molar-refractivity contribution in [2.45, 2.75) is 55.5 Å². The molecule has 3 saturated carbocycles. The van der Waals surface area contributed by atoms with Crippen LogP contribution in [-0.4, -0.2) is 29.4 Å². The van der Waals surface area contributed by atoms with Crippen molar-refractivity contribution in [3.63, 3.8) is 0 Å². The molecular weight excluding hydrogens is 500 g/mol. The van der Waals surface area contributed by atoms with Crippen LogP contribution in [0, 0.1) is 23.1 Å². The Morgan fingerprint density at radius 2 is 1.95 bits per heavy atom. The second-order valence-electron chi connectivity index (χ2n) is 10.9. The number of halogens is 2. The van der Waals surface area contributed by atoms with E-state index in [1.165, 1.54) is 25.0 Å². The van der Waals surface area contributed by atoms with Crippen LogP contribution < -0.4 is 21.6 Å². The maximum atomic E-state index is 13.8. The fourth-order valence-corrected chi connectivity index (χ4v) is 5.79. The lowest BCUT2D eigenvalue weighted by Crippen LogP contribution is -2.45. The second kappa shape index (κ2) is 8.52. The van der Waals surface area contributed by atoms with Gasteiger partial charge in [0.05, 0.1) is 32.9 Å². The smallest absolute Gasteiger partial charge is 0.123 e. The van der Waals surface area contributed by atoms with Gasteiger partial charge in [0, 0.05) is 35.1 Å². The van der Waals surface area contributed by atoms with Gasteiger partial charge in [0.2, 0.25) is 0 Å². The fourth-order valence-electron chi connectivity index (χ4n) is 5.52. The standard InChI is InChI=1S/C28H26BClFN7/c29-28(18-3-5-19(31)6-4-18,24-15-38(37-36-24)21-7-8-21)34-20-11-22-25(35-27(9-10-27)17-1-2-17)16(13-32)14-33-26(22)23(30)12-20/h3-6,11-12,14-15,17,21,34,36-37H,1-2,7-10H2,(H,33,35). The lowest BCUT2D eigenvalue weighted by Gasteiger charge is -2.34. The molecule has 3 fully saturated rings. The number of nitrogens with one attached hydrogen (secondary N) is 4. The van der Waals surface area contributed by atoms with Crippen molar-refractivity contribution >= 4 is 41.7 Å². The predicted molar refractivity (Wildman–Crippen MR) is 146 cm³/mol. The van der Waals surface area contributed by atoms with E-state index in [4.69, 9.17) is 19.4 Å². The quantitative estimate of drug-likeness (QED) is 0.307. The first kappa shape index (κ1) is 23.6. The van der Waals surface area contributed by atoms with Gasteiger partial charge in [-0.15, -0.1) is 5.53 Å². The minimum absolute atomic E-state index is 0.0536. The molecule has 10 heteroatoms. The summed E-state index contributed by atoms with van der Waals surface area (Å²) in [6, 6.07) is 12.6. The Labute approximate surface area is 226 Å². The zero-order valence-electron chi connectivity index (χ0n) is 20.7. The highest BCUT2D eigenvalue weighted by Gasteiger charge is 2.54. The summed E-state index contributed by atoms with van der Waals surface area (Å²) in [5.41, 5.74) is 9.05. The van der Waals surface area contributed by atoms with E-state index in [1.807, 2.05) is 17.3 Å². The maximum absolute atomic E-state index is 13.8. The van der Waals surface area contributed by atoms with Crippen molar-refractivity contribution in [1.29, 1.82) is 5.26 Å². The van der Waals surface area contributed by atoms with Gasteiger partial charge in [-0.05, 0) is 74.3 Å². The molecule has 0 amide bonds. The first-order valence-corrected chi connectivity index (χ1v) is 13.4. The summed E-state index contributed by atoms with van der Waals surface area (Å²) in [7, 11) is 7.08. The summed E-state index contributed by atoms with van der Waals surface area (Å²) in [4.78, 5) is 4.51. The molecule has 0 spiro atoms. The summed E-state index contributed by atoms with van der Waals surface area (Å²) in [5, 5.41) is 20.3. The molecule has 2 radical (unpaired) electrons. The van der Waals surface area contributed by atoms with Crippen molar-refractivity contribution in [1.82, 2.24) is 21.0 Å². The zero-order valence-corrected chi connectivity index (χ0v) is 21.4. The molecule has 1 aliphatic heterocycles. The van der Waals surface area contributed by atoms with Gasteiger partial charge < -0.3 is 16.1 Å². The molecule has 190 valence electrons. The van der Waals surface area contributed by atoms with Crippen LogP contribution in [0.15, 0.2) is 54.5 Å². The van der Waals surface area contributed by atoms with Gasteiger partial charge in [0.25, 0.3) is 0 Å². The van der Waals surface area contributed by atoms with Gasteiger partial charge in [0.1, 0.15) is 19.7 Å². The molecule has 3 aromatic rings. The number of hydrogen-bond donors (Lipinski definition) is 4. The van der Waals surface area contributed by atoms with E-state index in [2.05, 4.69) is 32.6 Å². The Morgan fingerprint density at radius 1 is 1.18 bits per heavy atom. The molecule has 2 heterocycles. The first-order valence-electron chi connectivity index (χ1n) is 13.0. The minimum atomic E-state index is -1.24. The van der Waals surface area contributed by atoms with Crippen LogP contribution in [0.25, 0.3) is 10.9 Å². The number of hydrazine groups is 2. The largest absolute Gasteiger partial charge is 0.378 e. The number of nitrogens with zero attached hydrogens (tertiary/aromatic N) is 3. The summed E-state index contributed by atoms with van der Waals surface area (Å²) in [6.07, 6.45) is 10.4.